The Bertz CT molecular complexity index is 474. The van der Waals surface area contributed by atoms with Crippen molar-refractivity contribution in [3.63, 3.8) is 0 Å². The van der Waals surface area contributed by atoms with Crippen molar-refractivity contribution in [3.05, 3.63) is 17.5 Å². The molecule has 1 aromatic rings. The quantitative estimate of drug-likeness (QED) is 0.805. The highest BCUT2D eigenvalue weighted by atomic mass is 32.2. The maximum atomic E-state index is 11.1. The van der Waals surface area contributed by atoms with Crippen molar-refractivity contribution in [2.24, 2.45) is 5.73 Å². The monoisotopic (exact) mass is 243 g/mol. The van der Waals surface area contributed by atoms with Crippen LogP contribution in [0.4, 0.5) is 0 Å². The molecule has 1 aliphatic carbocycles. The second kappa shape index (κ2) is 4.18. The fourth-order valence-electron chi connectivity index (χ4n) is 1.85. The molecule has 5 nitrogen and oxygen atoms in total. The van der Waals surface area contributed by atoms with Crippen LogP contribution in [0.3, 0.4) is 0 Å². The second-order valence-corrected chi connectivity index (χ2v) is 6.65. The summed E-state index contributed by atoms with van der Waals surface area (Å²) in [5.74, 6) is 0.680. The molecule has 1 aromatic heterocycles. The smallest absolute Gasteiger partial charge is 0.149 e. The second-order valence-electron chi connectivity index (χ2n) is 4.39. The standard InChI is InChI=1S/C10H17N3O2S/c1-16(14,15)5-4-13-10(8-2-3-8)9(6-11)7-12-13/h7-8H,2-6,11H2,1H3. The number of nitrogens with zero attached hydrogens (tertiary/aromatic N) is 2. The van der Waals surface area contributed by atoms with Crippen molar-refractivity contribution in [1.82, 2.24) is 9.78 Å². The molecule has 0 spiro atoms. The summed E-state index contributed by atoms with van der Waals surface area (Å²) in [5.41, 5.74) is 7.84. The van der Waals surface area contributed by atoms with Gasteiger partial charge in [0.05, 0.1) is 18.5 Å². The summed E-state index contributed by atoms with van der Waals surface area (Å²) in [7, 11) is -2.93. The highest BCUT2D eigenvalue weighted by Crippen LogP contribution is 2.41. The number of nitrogens with two attached hydrogens (primary N) is 1. The van der Waals surface area contributed by atoms with Crippen molar-refractivity contribution >= 4 is 9.84 Å². The topological polar surface area (TPSA) is 78.0 Å². The molecule has 0 amide bonds. The molecular weight excluding hydrogens is 226 g/mol. The summed E-state index contributed by atoms with van der Waals surface area (Å²) in [5, 5.41) is 4.22. The molecule has 0 aliphatic heterocycles. The van der Waals surface area contributed by atoms with E-state index in [9.17, 15) is 8.42 Å². The van der Waals surface area contributed by atoms with Crippen LogP contribution in [-0.2, 0) is 22.9 Å². The Morgan fingerprint density at radius 2 is 2.25 bits per heavy atom. The van der Waals surface area contributed by atoms with E-state index in [-0.39, 0.29) is 5.75 Å². The minimum absolute atomic E-state index is 0.137. The molecule has 90 valence electrons. The third kappa shape index (κ3) is 2.62. The van der Waals surface area contributed by atoms with Gasteiger partial charge in [-0.05, 0) is 12.8 Å². The maximum Gasteiger partial charge on any atom is 0.149 e. The zero-order chi connectivity index (χ0) is 11.8. The largest absolute Gasteiger partial charge is 0.326 e. The van der Waals surface area contributed by atoms with Crippen molar-refractivity contribution < 1.29 is 8.42 Å². The summed E-state index contributed by atoms with van der Waals surface area (Å²) < 4.78 is 24.0. The van der Waals surface area contributed by atoms with Crippen LogP contribution in [0.2, 0.25) is 0 Å². The number of aromatic nitrogens is 2. The van der Waals surface area contributed by atoms with Crippen LogP contribution in [0.25, 0.3) is 0 Å². The van der Waals surface area contributed by atoms with Gasteiger partial charge in [0.2, 0.25) is 0 Å². The Kier molecular flexibility index (Phi) is 3.03. The first-order chi connectivity index (χ1) is 7.51. The molecule has 0 aromatic carbocycles. The molecule has 6 heteroatoms. The van der Waals surface area contributed by atoms with Gasteiger partial charge in [-0.1, -0.05) is 0 Å². The van der Waals surface area contributed by atoms with Crippen LogP contribution in [0, 0.1) is 0 Å². The highest BCUT2D eigenvalue weighted by molar-refractivity contribution is 7.90. The van der Waals surface area contributed by atoms with Crippen LogP contribution in [0.15, 0.2) is 6.20 Å². The minimum atomic E-state index is -2.93. The molecule has 1 saturated carbocycles. The average molecular weight is 243 g/mol. The molecule has 0 atom stereocenters. The van der Waals surface area contributed by atoms with E-state index in [1.165, 1.54) is 6.26 Å². The number of rotatable bonds is 5. The summed E-state index contributed by atoms with van der Waals surface area (Å²) >= 11 is 0. The third-order valence-corrected chi connectivity index (χ3v) is 3.74. The average Bonchev–Trinajstić information content (AvgIpc) is 2.94. The predicted molar refractivity (Wildman–Crippen MR) is 61.8 cm³/mol. The normalized spacial score (nSPS) is 16.6. The van der Waals surface area contributed by atoms with Gasteiger partial charge in [-0.3, -0.25) is 4.68 Å². The van der Waals surface area contributed by atoms with Gasteiger partial charge in [-0.15, -0.1) is 0 Å². The van der Waals surface area contributed by atoms with Crippen molar-refractivity contribution in [1.29, 1.82) is 0 Å². The van der Waals surface area contributed by atoms with Gasteiger partial charge in [-0.2, -0.15) is 5.10 Å². The summed E-state index contributed by atoms with van der Waals surface area (Å²) in [6.07, 6.45) is 5.34. The Morgan fingerprint density at radius 1 is 1.56 bits per heavy atom. The third-order valence-electron chi connectivity index (χ3n) is 2.82. The molecule has 2 rings (SSSR count). The first-order valence-electron chi connectivity index (χ1n) is 5.43. The minimum Gasteiger partial charge on any atom is -0.326 e. The fourth-order valence-corrected chi connectivity index (χ4v) is 2.36. The van der Waals surface area contributed by atoms with E-state index in [0.717, 1.165) is 24.1 Å². The lowest BCUT2D eigenvalue weighted by Gasteiger charge is -2.07. The van der Waals surface area contributed by atoms with Gasteiger partial charge in [0, 0.05) is 30.0 Å². The maximum absolute atomic E-state index is 11.1. The fraction of sp³-hybridized carbons (Fsp3) is 0.700. The van der Waals surface area contributed by atoms with Gasteiger partial charge in [0.1, 0.15) is 9.84 Å². The number of hydrogen-bond donors (Lipinski definition) is 1. The molecule has 0 saturated heterocycles. The Labute approximate surface area is 95.6 Å². The first kappa shape index (κ1) is 11.6. The lowest BCUT2D eigenvalue weighted by molar-refractivity contribution is 0.577. The Morgan fingerprint density at radius 3 is 2.75 bits per heavy atom. The predicted octanol–water partition coefficient (Wildman–Crippen LogP) is 0.264. The Balaban J connectivity index is 2.17. The molecule has 1 aliphatic rings. The van der Waals surface area contributed by atoms with E-state index < -0.39 is 9.84 Å². The molecule has 0 bridgehead atoms. The highest BCUT2D eigenvalue weighted by Gasteiger charge is 2.29. The molecular formula is C10H17N3O2S. The number of sulfone groups is 1. The van der Waals surface area contributed by atoms with Crippen LogP contribution < -0.4 is 5.73 Å². The number of aryl methyl sites for hydroxylation is 1. The van der Waals surface area contributed by atoms with Crippen LogP contribution in [0.5, 0.6) is 0 Å². The molecule has 16 heavy (non-hydrogen) atoms. The van der Waals surface area contributed by atoms with Crippen molar-refractivity contribution in [2.75, 3.05) is 12.0 Å². The van der Waals surface area contributed by atoms with Crippen molar-refractivity contribution in [3.8, 4) is 0 Å². The van der Waals surface area contributed by atoms with Crippen LogP contribution >= 0.6 is 0 Å². The first-order valence-corrected chi connectivity index (χ1v) is 7.49. The van der Waals surface area contributed by atoms with Crippen molar-refractivity contribution in [2.45, 2.75) is 31.8 Å². The zero-order valence-corrected chi connectivity index (χ0v) is 10.2. The van der Waals surface area contributed by atoms with Crippen LogP contribution in [-0.4, -0.2) is 30.2 Å². The summed E-state index contributed by atoms with van der Waals surface area (Å²) in [6.45, 7) is 0.912. The molecule has 0 unspecified atom stereocenters. The molecule has 2 N–H and O–H groups in total. The van der Waals surface area contributed by atoms with E-state index in [1.807, 2.05) is 0 Å². The van der Waals surface area contributed by atoms with Crippen LogP contribution in [0.1, 0.15) is 30.0 Å². The summed E-state index contributed by atoms with van der Waals surface area (Å²) in [6, 6.07) is 0. The van der Waals surface area contributed by atoms with Gasteiger partial charge >= 0.3 is 0 Å². The van der Waals surface area contributed by atoms with Gasteiger partial charge in [0.15, 0.2) is 0 Å². The summed E-state index contributed by atoms with van der Waals surface area (Å²) in [4.78, 5) is 0. The Hall–Kier alpha value is -0.880. The van der Waals surface area contributed by atoms with E-state index in [1.54, 1.807) is 10.9 Å². The lowest BCUT2D eigenvalue weighted by atomic mass is 10.2. The van der Waals surface area contributed by atoms with E-state index in [2.05, 4.69) is 5.10 Å². The van der Waals surface area contributed by atoms with Gasteiger partial charge in [0.25, 0.3) is 0 Å². The number of hydrogen-bond acceptors (Lipinski definition) is 4. The molecule has 1 fully saturated rings. The van der Waals surface area contributed by atoms with Gasteiger partial charge in [-0.25, -0.2) is 8.42 Å². The van der Waals surface area contributed by atoms with E-state index in [4.69, 9.17) is 5.73 Å². The molecule has 1 heterocycles. The van der Waals surface area contributed by atoms with E-state index >= 15 is 0 Å². The molecule has 0 radical (unpaired) electrons. The van der Waals surface area contributed by atoms with Gasteiger partial charge < -0.3 is 5.73 Å². The van der Waals surface area contributed by atoms with E-state index in [0.29, 0.717) is 19.0 Å². The SMILES string of the molecule is CS(=O)(=O)CCn1ncc(CN)c1C1CC1. The lowest BCUT2D eigenvalue weighted by Crippen LogP contribution is -2.14. The zero-order valence-electron chi connectivity index (χ0n) is 9.39.